The zero-order valence-electron chi connectivity index (χ0n) is 9.74. The molecule has 0 fully saturated rings. The fraction of sp³-hybridized carbons (Fsp3) is 0.333. The molecule has 0 bridgehead atoms. The topological polar surface area (TPSA) is 34.4 Å². The molecule has 0 aliphatic rings. The van der Waals surface area contributed by atoms with E-state index >= 15 is 0 Å². The third kappa shape index (κ3) is 2.42. The first kappa shape index (κ1) is 12.3. The summed E-state index contributed by atoms with van der Waals surface area (Å²) in [4.78, 5) is 15.9. The number of aryl methyl sites for hydroxylation is 1. The van der Waals surface area contributed by atoms with Crippen LogP contribution in [0.2, 0.25) is 5.02 Å². The summed E-state index contributed by atoms with van der Waals surface area (Å²) in [6, 6.07) is 5.77. The fourth-order valence-corrected chi connectivity index (χ4v) is 3.20. The van der Waals surface area contributed by atoms with Crippen LogP contribution in [0.25, 0.3) is 10.2 Å². The monoisotopic (exact) mass is 268 g/mol. The zero-order valence-corrected chi connectivity index (χ0v) is 11.3. The van der Waals surface area contributed by atoms with E-state index in [1.807, 2.05) is 22.8 Å². The van der Waals surface area contributed by atoms with Gasteiger partial charge in [-0.05, 0) is 18.6 Å². The van der Waals surface area contributed by atoms with Gasteiger partial charge in [-0.25, -0.2) is 0 Å². The Morgan fingerprint density at radius 3 is 2.94 bits per heavy atom. The molecule has 0 atom stereocenters. The molecule has 5 heteroatoms. The van der Waals surface area contributed by atoms with Gasteiger partial charge in [0.15, 0.2) is 4.80 Å². The minimum Gasteiger partial charge on any atom is -0.315 e. The standard InChI is InChI=1S/C12H13ClN2OS/c1-3-7-15-11-9(13)5-4-6-10(11)17-12(15)14-8(2)16/h4-6H,3,7H2,1-2H3. The minimum absolute atomic E-state index is 0.183. The van der Waals surface area contributed by atoms with Crippen LogP contribution in [0.4, 0.5) is 0 Å². The highest BCUT2D eigenvalue weighted by atomic mass is 35.5. The van der Waals surface area contributed by atoms with Crippen molar-refractivity contribution in [1.29, 1.82) is 0 Å². The van der Waals surface area contributed by atoms with Crippen LogP contribution < -0.4 is 4.80 Å². The first-order valence-corrected chi connectivity index (χ1v) is 6.66. The van der Waals surface area contributed by atoms with E-state index in [0.29, 0.717) is 5.02 Å². The van der Waals surface area contributed by atoms with Gasteiger partial charge in [0.25, 0.3) is 0 Å². The van der Waals surface area contributed by atoms with Crippen LogP contribution in [-0.4, -0.2) is 10.5 Å². The van der Waals surface area contributed by atoms with E-state index < -0.39 is 0 Å². The predicted octanol–water partition coefficient (Wildman–Crippen LogP) is 3.21. The molecule has 1 heterocycles. The van der Waals surface area contributed by atoms with Gasteiger partial charge in [-0.15, -0.1) is 0 Å². The lowest BCUT2D eigenvalue weighted by Crippen LogP contribution is -2.16. The van der Waals surface area contributed by atoms with Crippen LogP contribution in [0.3, 0.4) is 0 Å². The average molecular weight is 269 g/mol. The van der Waals surface area contributed by atoms with Crippen molar-refractivity contribution in [2.24, 2.45) is 4.99 Å². The van der Waals surface area contributed by atoms with Crippen LogP contribution in [0.5, 0.6) is 0 Å². The van der Waals surface area contributed by atoms with Gasteiger partial charge in [0.05, 0.1) is 15.2 Å². The van der Waals surface area contributed by atoms with Crippen LogP contribution in [0.1, 0.15) is 20.3 Å². The van der Waals surface area contributed by atoms with Gasteiger partial charge in [-0.2, -0.15) is 4.99 Å². The summed E-state index contributed by atoms with van der Waals surface area (Å²) in [7, 11) is 0. The second-order valence-corrected chi connectivity index (χ2v) is 5.17. The molecule has 90 valence electrons. The normalized spacial score (nSPS) is 12.3. The number of aromatic nitrogens is 1. The molecule has 2 rings (SSSR count). The Labute approximate surface area is 108 Å². The number of thiazole rings is 1. The molecule has 0 aliphatic heterocycles. The molecule has 17 heavy (non-hydrogen) atoms. The molecule has 1 aromatic heterocycles. The van der Waals surface area contributed by atoms with Gasteiger partial charge in [-0.3, -0.25) is 4.79 Å². The lowest BCUT2D eigenvalue weighted by atomic mass is 10.3. The maximum Gasteiger partial charge on any atom is 0.245 e. The number of amides is 1. The number of carbonyl (C=O) groups is 1. The number of carbonyl (C=O) groups excluding carboxylic acids is 1. The van der Waals surface area contributed by atoms with Gasteiger partial charge in [0.1, 0.15) is 0 Å². The largest absolute Gasteiger partial charge is 0.315 e. The first-order chi connectivity index (χ1) is 8.13. The Morgan fingerprint density at radius 1 is 1.53 bits per heavy atom. The van der Waals surface area contributed by atoms with Crippen LogP contribution in [0, 0.1) is 0 Å². The van der Waals surface area contributed by atoms with Crippen molar-refractivity contribution >= 4 is 39.1 Å². The summed E-state index contributed by atoms with van der Waals surface area (Å²) in [5.74, 6) is -0.183. The Hall–Kier alpha value is -1.13. The third-order valence-electron chi connectivity index (χ3n) is 2.35. The van der Waals surface area contributed by atoms with Crippen molar-refractivity contribution in [2.75, 3.05) is 0 Å². The summed E-state index contributed by atoms with van der Waals surface area (Å²) in [6.07, 6.45) is 0.974. The summed E-state index contributed by atoms with van der Waals surface area (Å²) >= 11 is 7.70. The maximum absolute atomic E-state index is 11.1. The van der Waals surface area contributed by atoms with Gasteiger partial charge in [0.2, 0.25) is 5.91 Å². The SMILES string of the molecule is CCCn1c(=NC(C)=O)sc2cccc(Cl)c21. The van der Waals surface area contributed by atoms with Crippen LogP contribution in [-0.2, 0) is 11.3 Å². The molecule has 0 saturated heterocycles. The Bertz CT molecular complexity index is 627. The number of para-hydroxylation sites is 1. The molecule has 0 unspecified atom stereocenters. The molecule has 3 nitrogen and oxygen atoms in total. The number of benzene rings is 1. The van der Waals surface area contributed by atoms with Crippen molar-refractivity contribution in [1.82, 2.24) is 4.57 Å². The summed E-state index contributed by atoms with van der Waals surface area (Å²) in [6.45, 7) is 4.36. The van der Waals surface area contributed by atoms with Crippen molar-refractivity contribution in [3.63, 3.8) is 0 Å². The molecule has 0 aliphatic carbocycles. The second-order valence-electron chi connectivity index (χ2n) is 3.75. The molecular formula is C12H13ClN2OS. The molecule has 0 saturated carbocycles. The van der Waals surface area contributed by atoms with Gasteiger partial charge in [0, 0.05) is 13.5 Å². The molecule has 2 aromatic rings. The van der Waals surface area contributed by atoms with Crippen molar-refractivity contribution < 1.29 is 4.79 Å². The number of fused-ring (bicyclic) bond motifs is 1. The van der Waals surface area contributed by atoms with Crippen LogP contribution >= 0.6 is 22.9 Å². The van der Waals surface area contributed by atoms with Gasteiger partial charge in [-0.1, -0.05) is 35.9 Å². The quantitative estimate of drug-likeness (QED) is 0.824. The number of nitrogens with zero attached hydrogens (tertiary/aromatic N) is 2. The third-order valence-corrected chi connectivity index (χ3v) is 3.70. The highest BCUT2D eigenvalue weighted by molar-refractivity contribution is 7.16. The summed E-state index contributed by atoms with van der Waals surface area (Å²) < 4.78 is 3.08. The predicted molar refractivity (Wildman–Crippen MR) is 71.4 cm³/mol. The fourth-order valence-electron chi connectivity index (χ4n) is 1.74. The number of halogens is 1. The molecule has 0 spiro atoms. The molecule has 0 radical (unpaired) electrons. The Kier molecular flexibility index (Phi) is 3.64. The van der Waals surface area contributed by atoms with E-state index in [-0.39, 0.29) is 5.91 Å². The van der Waals surface area contributed by atoms with E-state index in [2.05, 4.69) is 11.9 Å². The van der Waals surface area contributed by atoms with E-state index in [4.69, 9.17) is 11.6 Å². The lowest BCUT2D eigenvalue weighted by Gasteiger charge is -2.03. The smallest absolute Gasteiger partial charge is 0.245 e. The Balaban J connectivity index is 2.81. The highest BCUT2D eigenvalue weighted by Crippen LogP contribution is 2.25. The van der Waals surface area contributed by atoms with E-state index in [9.17, 15) is 4.79 Å². The number of rotatable bonds is 2. The lowest BCUT2D eigenvalue weighted by molar-refractivity contribution is -0.116. The highest BCUT2D eigenvalue weighted by Gasteiger charge is 2.09. The second kappa shape index (κ2) is 5.02. The average Bonchev–Trinajstić information content (AvgIpc) is 2.58. The van der Waals surface area contributed by atoms with Gasteiger partial charge >= 0.3 is 0 Å². The summed E-state index contributed by atoms with van der Waals surface area (Å²) in [5.41, 5.74) is 0.973. The molecule has 1 aromatic carbocycles. The number of hydrogen-bond acceptors (Lipinski definition) is 2. The Morgan fingerprint density at radius 2 is 2.29 bits per heavy atom. The summed E-state index contributed by atoms with van der Waals surface area (Å²) in [5, 5.41) is 0.706. The minimum atomic E-state index is -0.183. The molecular weight excluding hydrogens is 256 g/mol. The first-order valence-electron chi connectivity index (χ1n) is 5.46. The van der Waals surface area contributed by atoms with Gasteiger partial charge < -0.3 is 4.57 Å². The van der Waals surface area contributed by atoms with Crippen molar-refractivity contribution in [3.8, 4) is 0 Å². The zero-order chi connectivity index (χ0) is 12.4. The van der Waals surface area contributed by atoms with E-state index in [1.54, 1.807) is 0 Å². The van der Waals surface area contributed by atoms with Crippen molar-refractivity contribution in [3.05, 3.63) is 28.0 Å². The molecule has 1 amide bonds. The maximum atomic E-state index is 11.1. The van der Waals surface area contributed by atoms with Crippen molar-refractivity contribution in [2.45, 2.75) is 26.8 Å². The van der Waals surface area contributed by atoms with Crippen LogP contribution in [0.15, 0.2) is 23.2 Å². The van der Waals surface area contributed by atoms with E-state index in [1.165, 1.54) is 18.3 Å². The van der Waals surface area contributed by atoms with E-state index in [0.717, 1.165) is 28.0 Å². The number of hydrogen-bond donors (Lipinski definition) is 0. The molecule has 0 N–H and O–H groups in total.